The minimum Gasteiger partial charge on any atom is -0.386 e. The summed E-state index contributed by atoms with van der Waals surface area (Å²) in [6, 6.07) is 0. The maximum absolute atomic E-state index is 9.70. The van der Waals surface area contributed by atoms with Crippen LogP contribution in [-0.2, 0) is 0 Å². The molecule has 0 heterocycles. The molecule has 0 amide bonds. The number of hydrogen-bond acceptors (Lipinski definition) is 1. The van der Waals surface area contributed by atoms with Gasteiger partial charge in [0.05, 0.1) is 5.60 Å². The zero-order chi connectivity index (χ0) is 9.19. The molecule has 0 aromatic carbocycles. The van der Waals surface area contributed by atoms with Crippen LogP contribution in [0.4, 0.5) is 0 Å². The highest BCUT2D eigenvalue weighted by Crippen LogP contribution is 2.27. The van der Waals surface area contributed by atoms with Crippen LogP contribution in [-0.4, -0.2) is 10.7 Å². The van der Waals surface area contributed by atoms with Gasteiger partial charge in [-0.25, -0.2) is 0 Å². The second-order valence-electron chi connectivity index (χ2n) is 3.93. The van der Waals surface area contributed by atoms with E-state index in [-0.39, 0.29) is 0 Å². The highest BCUT2D eigenvalue weighted by molar-refractivity contribution is 5.28. The first kappa shape index (κ1) is 9.53. The first-order chi connectivity index (χ1) is 5.54. The van der Waals surface area contributed by atoms with Crippen LogP contribution in [0.15, 0.2) is 23.3 Å². The molecule has 1 nitrogen and oxygen atoms in total. The molecule has 0 saturated heterocycles. The zero-order valence-corrected chi connectivity index (χ0v) is 8.22. The van der Waals surface area contributed by atoms with Crippen molar-refractivity contribution in [2.24, 2.45) is 0 Å². The average Bonchev–Trinajstić information content (AvgIpc) is 2.03. The van der Waals surface area contributed by atoms with Gasteiger partial charge in [0, 0.05) is 0 Å². The summed E-state index contributed by atoms with van der Waals surface area (Å²) in [6.45, 7) is 5.88. The Hall–Kier alpha value is -0.560. The van der Waals surface area contributed by atoms with Gasteiger partial charge in [-0.3, -0.25) is 0 Å². The molecule has 0 aliphatic heterocycles. The SMILES string of the molecule is CCC1=CC=C(C(C)(C)O)CC1. The van der Waals surface area contributed by atoms with Crippen molar-refractivity contribution in [3.63, 3.8) is 0 Å². The Morgan fingerprint density at radius 2 is 2.00 bits per heavy atom. The predicted octanol–water partition coefficient (Wildman–Crippen LogP) is 2.81. The third kappa shape index (κ3) is 2.21. The molecule has 0 saturated carbocycles. The lowest BCUT2D eigenvalue weighted by Gasteiger charge is -2.24. The highest BCUT2D eigenvalue weighted by atomic mass is 16.3. The maximum Gasteiger partial charge on any atom is 0.0803 e. The van der Waals surface area contributed by atoms with Gasteiger partial charge in [-0.05, 0) is 38.7 Å². The van der Waals surface area contributed by atoms with E-state index in [1.165, 1.54) is 5.57 Å². The van der Waals surface area contributed by atoms with Crippen LogP contribution in [0.25, 0.3) is 0 Å². The van der Waals surface area contributed by atoms with Gasteiger partial charge in [-0.2, -0.15) is 0 Å². The number of aliphatic hydroxyl groups is 1. The predicted molar refractivity (Wildman–Crippen MR) is 52.0 cm³/mol. The Balaban J connectivity index is 2.73. The summed E-state index contributed by atoms with van der Waals surface area (Å²) in [5.74, 6) is 0. The van der Waals surface area contributed by atoms with Crippen LogP contribution in [0.2, 0.25) is 0 Å². The summed E-state index contributed by atoms with van der Waals surface area (Å²) < 4.78 is 0. The van der Waals surface area contributed by atoms with Gasteiger partial charge < -0.3 is 5.11 Å². The second-order valence-corrected chi connectivity index (χ2v) is 3.93. The van der Waals surface area contributed by atoms with Crippen LogP contribution in [0.3, 0.4) is 0 Å². The van der Waals surface area contributed by atoms with Crippen molar-refractivity contribution in [2.45, 2.75) is 45.6 Å². The summed E-state index contributed by atoms with van der Waals surface area (Å²) in [5, 5.41) is 9.70. The van der Waals surface area contributed by atoms with E-state index in [1.54, 1.807) is 0 Å². The first-order valence-corrected chi connectivity index (χ1v) is 4.65. The molecule has 0 radical (unpaired) electrons. The van der Waals surface area contributed by atoms with Crippen LogP contribution in [0, 0.1) is 0 Å². The van der Waals surface area contributed by atoms with Crippen LogP contribution < -0.4 is 0 Å². The third-order valence-corrected chi connectivity index (χ3v) is 2.48. The van der Waals surface area contributed by atoms with E-state index in [4.69, 9.17) is 0 Å². The molecule has 0 aromatic rings. The fraction of sp³-hybridized carbons (Fsp3) is 0.636. The molecule has 0 atom stereocenters. The molecule has 0 fully saturated rings. The highest BCUT2D eigenvalue weighted by Gasteiger charge is 2.20. The van der Waals surface area contributed by atoms with E-state index in [2.05, 4.69) is 19.1 Å². The molecule has 0 spiro atoms. The summed E-state index contributed by atoms with van der Waals surface area (Å²) in [7, 11) is 0. The lowest BCUT2D eigenvalue weighted by molar-refractivity contribution is 0.115. The number of rotatable bonds is 2. The maximum atomic E-state index is 9.70. The Labute approximate surface area is 74.8 Å². The van der Waals surface area contributed by atoms with Crippen molar-refractivity contribution in [3.05, 3.63) is 23.3 Å². The van der Waals surface area contributed by atoms with Gasteiger partial charge >= 0.3 is 0 Å². The molecule has 0 aromatic heterocycles. The third-order valence-electron chi connectivity index (χ3n) is 2.48. The lowest BCUT2D eigenvalue weighted by Crippen LogP contribution is -2.22. The Morgan fingerprint density at radius 1 is 1.33 bits per heavy atom. The molecule has 1 heteroatoms. The molecule has 1 rings (SSSR count). The zero-order valence-electron chi connectivity index (χ0n) is 8.22. The molecule has 1 aliphatic rings. The fourth-order valence-electron chi connectivity index (χ4n) is 1.48. The first-order valence-electron chi connectivity index (χ1n) is 4.65. The largest absolute Gasteiger partial charge is 0.386 e. The number of allylic oxidation sites excluding steroid dienone is 3. The van der Waals surface area contributed by atoms with Crippen molar-refractivity contribution in [1.82, 2.24) is 0 Å². The van der Waals surface area contributed by atoms with Crippen molar-refractivity contribution < 1.29 is 5.11 Å². The monoisotopic (exact) mass is 166 g/mol. The van der Waals surface area contributed by atoms with Crippen molar-refractivity contribution in [2.75, 3.05) is 0 Å². The number of hydrogen-bond donors (Lipinski definition) is 1. The van der Waals surface area contributed by atoms with E-state index in [0.717, 1.165) is 24.8 Å². The Bertz CT molecular complexity index is 216. The van der Waals surface area contributed by atoms with Crippen LogP contribution in [0.5, 0.6) is 0 Å². The summed E-state index contributed by atoms with van der Waals surface area (Å²) >= 11 is 0. The van der Waals surface area contributed by atoms with Crippen molar-refractivity contribution in [1.29, 1.82) is 0 Å². The Morgan fingerprint density at radius 3 is 2.33 bits per heavy atom. The standard InChI is InChI=1S/C11H18O/c1-4-9-5-7-10(8-6-9)11(2,3)12/h5,7,12H,4,6,8H2,1-3H3. The fourth-order valence-corrected chi connectivity index (χ4v) is 1.48. The van der Waals surface area contributed by atoms with Crippen molar-refractivity contribution >= 4 is 0 Å². The smallest absolute Gasteiger partial charge is 0.0803 e. The van der Waals surface area contributed by atoms with Gasteiger partial charge in [0.2, 0.25) is 0 Å². The van der Waals surface area contributed by atoms with Gasteiger partial charge in [0.1, 0.15) is 0 Å². The van der Waals surface area contributed by atoms with Gasteiger partial charge in [-0.15, -0.1) is 0 Å². The molecule has 1 aliphatic carbocycles. The summed E-state index contributed by atoms with van der Waals surface area (Å²) in [6.07, 6.45) is 7.49. The van der Waals surface area contributed by atoms with E-state index < -0.39 is 5.60 Å². The molecular weight excluding hydrogens is 148 g/mol. The van der Waals surface area contributed by atoms with E-state index >= 15 is 0 Å². The van der Waals surface area contributed by atoms with E-state index in [9.17, 15) is 5.11 Å². The molecule has 1 N–H and O–H groups in total. The summed E-state index contributed by atoms with van der Waals surface area (Å²) in [4.78, 5) is 0. The molecule has 68 valence electrons. The van der Waals surface area contributed by atoms with Gasteiger partial charge in [0.25, 0.3) is 0 Å². The normalized spacial score (nSPS) is 18.7. The average molecular weight is 166 g/mol. The minimum atomic E-state index is -0.629. The van der Waals surface area contributed by atoms with Gasteiger partial charge in [0.15, 0.2) is 0 Å². The van der Waals surface area contributed by atoms with Crippen LogP contribution >= 0.6 is 0 Å². The quantitative estimate of drug-likeness (QED) is 0.668. The molecule has 0 unspecified atom stereocenters. The van der Waals surface area contributed by atoms with Crippen LogP contribution in [0.1, 0.15) is 40.0 Å². The summed E-state index contributed by atoms with van der Waals surface area (Å²) in [5.41, 5.74) is 2.01. The molecular formula is C11H18O. The second kappa shape index (κ2) is 3.44. The van der Waals surface area contributed by atoms with Crippen molar-refractivity contribution in [3.8, 4) is 0 Å². The Kier molecular flexibility index (Phi) is 2.73. The topological polar surface area (TPSA) is 20.2 Å². The van der Waals surface area contributed by atoms with Gasteiger partial charge in [-0.1, -0.05) is 24.6 Å². The van der Waals surface area contributed by atoms with E-state index in [0.29, 0.717) is 0 Å². The molecule has 12 heavy (non-hydrogen) atoms. The lowest BCUT2D eigenvalue weighted by atomic mass is 9.87. The van der Waals surface area contributed by atoms with E-state index in [1.807, 2.05) is 13.8 Å². The minimum absolute atomic E-state index is 0.629. The molecule has 0 bridgehead atoms.